The number of ether oxygens (including phenoxy) is 1. The number of aromatic nitrogens is 2. The number of anilines is 1. The Hall–Kier alpha value is -1.23. The van der Waals surface area contributed by atoms with Crippen molar-refractivity contribution in [2.45, 2.75) is 24.9 Å². The molecule has 5 rings (SSSR count). The number of nitrogens with zero attached hydrogens (tertiary/aromatic N) is 3. The van der Waals surface area contributed by atoms with Crippen molar-refractivity contribution in [2.24, 2.45) is 5.92 Å². The van der Waals surface area contributed by atoms with E-state index in [1.807, 2.05) is 0 Å². The van der Waals surface area contributed by atoms with E-state index < -0.39 is 0 Å². The van der Waals surface area contributed by atoms with Gasteiger partial charge in [-0.3, -0.25) is 4.57 Å². The summed E-state index contributed by atoms with van der Waals surface area (Å²) in [6.07, 6.45) is 2.35. The summed E-state index contributed by atoms with van der Waals surface area (Å²) in [4.78, 5) is 18.0. The molecule has 1 aromatic heterocycles. The van der Waals surface area contributed by atoms with Crippen molar-refractivity contribution >= 4 is 17.4 Å². The summed E-state index contributed by atoms with van der Waals surface area (Å²) in [6, 6.07) is 0. The third-order valence-corrected chi connectivity index (χ3v) is 4.59. The van der Waals surface area contributed by atoms with Crippen LogP contribution < -0.4 is 15.3 Å². The molecule has 17 heavy (non-hydrogen) atoms. The molecule has 1 saturated carbocycles. The highest BCUT2D eigenvalue weighted by Gasteiger charge is 2.61. The largest absolute Gasteiger partial charge is 0.490 e. The second-order valence-corrected chi connectivity index (χ2v) is 5.60. The van der Waals surface area contributed by atoms with Crippen molar-refractivity contribution in [3.8, 4) is 5.75 Å². The molecular formula is C11H12ClN3O2. The lowest BCUT2D eigenvalue weighted by atomic mass is 9.74. The summed E-state index contributed by atoms with van der Waals surface area (Å²) in [6.45, 7) is 1.74. The summed E-state index contributed by atoms with van der Waals surface area (Å²) in [5, 5.41) is 0.171. The van der Waals surface area contributed by atoms with Gasteiger partial charge in [-0.05, 0) is 18.8 Å². The molecule has 4 heterocycles. The van der Waals surface area contributed by atoms with Crippen molar-refractivity contribution in [3.63, 3.8) is 0 Å². The predicted octanol–water partition coefficient (Wildman–Crippen LogP) is 0.888. The topological polar surface area (TPSA) is 47.4 Å². The fourth-order valence-corrected chi connectivity index (χ4v) is 3.96. The van der Waals surface area contributed by atoms with Crippen LogP contribution in [0.25, 0.3) is 0 Å². The minimum absolute atomic E-state index is 0.149. The number of fused-ring (bicyclic) bond motifs is 1. The maximum Gasteiger partial charge on any atom is 0.350 e. The molecule has 0 amide bonds. The first-order chi connectivity index (χ1) is 8.14. The van der Waals surface area contributed by atoms with Crippen LogP contribution in [0.15, 0.2) is 4.79 Å². The average molecular weight is 254 g/mol. The first kappa shape index (κ1) is 9.76. The maximum atomic E-state index is 11.9. The van der Waals surface area contributed by atoms with Gasteiger partial charge in [0, 0.05) is 6.54 Å². The molecular weight excluding hydrogens is 242 g/mol. The minimum Gasteiger partial charge on any atom is -0.490 e. The van der Waals surface area contributed by atoms with Gasteiger partial charge in [0.2, 0.25) is 0 Å². The van der Waals surface area contributed by atoms with Gasteiger partial charge in [0.25, 0.3) is 0 Å². The third kappa shape index (κ3) is 0.972. The van der Waals surface area contributed by atoms with E-state index in [1.165, 1.54) is 12.8 Å². The monoisotopic (exact) mass is 253 g/mol. The lowest BCUT2D eigenvalue weighted by Crippen LogP contribution is -2.44. The summed E-state index contributed by atoms with van der Waals surface area (Å²) < 4.78 is 7.03. The van der Waals surface area contributed by atoms with E-state index in [2.05, 4.69) is 9.88 Å². The quantitative estimate of drug-likeness (QED) is 0.698. The summed E-state index contributed by atoms with van der Waals surface area (Å²) in [5.74, 6) is 2.14. The molecule has 3 aliphatic heterocycles. The highest BCUT2D eigenvalue weighted by atomic mass is 35.5. The predicted molar refractivity (Wildman–Crippen MR) is 62.9 cm³/mol. The van der Waals surface area contributed by atoms with Crippen LogP contribution in [0.2, 0.25) is 5.15 Å². The molecule has 2 saturated heterocycles. The van der Waals surface area contributed by atoms with E-state index in [0.717, 1.165) is 24.8 Å². The molecule has 1 aromatic rings. The zero-order chi connectivity index (χ0) is 11.8. The van der Waals surface area contributed by atoms with Crippen LogP contribution >= 0.6 is 11.6 Å². The minimum atomic E-state index is -0.266. The van der Waals surface area contributed by atoms with Gasteiger partial charge in [0.15, 0.2) is 16.7 Å². The Morgan fingerprint density at radius 3 is 3.00 bits per heavy atom. The number of hydrogen-bond donors (Lipinski definition) is 0. The van der Waals surface area contributed by atoms with Gasteiger partial charge in [-0.15, -0.1) is 0 Å². The lowest BCUT2D eigenvalue weighted by molar-refractivity contribution is 0.229. The van der Waals surface area contributed by atoms with Gasteiger partial charge in [0.1, 0.15) is 0 Å². The number of hydrogen-bond acceptors (Lipinski definition) is 4. The Bertz CT molecular complexity index is 577. The van der Waals surface area contributed by atoms with Gasteiger partial charge in [0.05, 0.1) is 19.2 Å². The molecule has 6 heteroatoms. The van der Waals surface area contributed by atoms with Crippen molar-refractivity contribution in [3.05, 3.63) is 15.6 Å². The third-order valence-electron chi connectivity index (χ3n) is 4.33. The molecule has 1 aliphatic carbocycles. The van der Waals surface area contributed by atoms with E-state index in [-0.39, 0.29) is 16.4 Å². The Morgan fingerprint density at radius 1 is 1.53 bits per heavy atom. The van der Waals surface area contributed by atoms with Gasteiger partial charge >= 0.3 is 5.69 Å². The molecule has 5 nitrogen and oxygen atoms in total. The van der Waals surface area contributed by atoms with Crippen molar-refractivity contribution < 1.29 is 4.74 Å². The lowest BCUT2D eigenvalue weighted by Gasteiger charge is -2.37. The number of methoxy groups -OCH3 is 1. The molecule has 0 N–H and O–H groups in total. The highest BCUT2D eigenvalue weighted by molar-refractivity contribution is 6.31. The summed E-state index contributed by atoms with van der Waals surface area (Å²) in [5.41, 5.74) is -0.116. The SMILES string of the molecule is COc1c(Cl)nc(=O)n2c1N1CC3CC1(C3)C2. The molecule has 0 aromatic carbocycles. The normalized spacial score (nSPS) is 32.1. The van der Waals surface area contributed by atoms with Crippen LogP contribution in [0, 0.1) is 5.92 Å². The molecule has 3 fully saturated rings. The molecule has 0 radical (unpaired) electrons. The van der Waals surface area contributed by atoms with Crippen molar-refractivity contribution in [2.75, 3.05) is 18.6 Å². The summed E-state index contributed by atoms with van der Waals surface area (Å²) >= 11 is 5.99. The average Bonchev–Trinajstić information content (AvgIpc) is 2.81. The van der Waals surface area contributed by atoms with Gasteiger partial charge in [-0.25, -0.2) is 4.79 Å². The van der Waals surface area contributed by atoms with Crippen molar-refractivity contribution in [1.82, 2.24) is 9.55 Å². The van der Waals surface area contributed by atoms with Crippen molar-refractivity contribution in [1.29, 1.82) is 0 Å². The molecule has 1 spiro atoms. The fraction of sp³-hybridized carbons (Fsp3) is 0.636. The number of rotatable bonds is 1. The summed E-state index contributed by atoms with van der Waals surface area (Å²) in [7, 11) is 1.57. The Labute approximate surface area is 103 Å². The second-order valence-electron chi connectivity index (χ2n) is 5.24. The van der Waals surface area contributed by atoms with E-state index in [9.17, 15) is 4.79 Å². The second kappa shape index (κ2) is 2.77. The zero-order valence-corrected chi connectivity index (χ0v) is 10.2. The Balaban J connectivity index is 2.00. The Morgan fingerprint density at radius 2 is 2.29 bits per heavy atom. The van der Waals surface area contributed by atoms with E-state index in [1.54, 1.807) is 11.7 Å². The van der Waals surface area contributed by atoms with E-state index >= 15 is 0 Å². The van der Waals surface area contributed by atoms with E-state index in [0.29, 0.717) is 5.75 Å². The molecule has 2 bridgehead atoms. The molecule has 4 aliphatic rings. The van der Waals surface area contributed by atoms with Crippen LogP contribution in [0.1, 0.15) is 12.8 Å². The zero-order valence-electron chi connectivity index (χ0n) is 9.44. The highest BCUT2D eigenvalue weighted by Crippen LogP contribution is 2.58. The smallest absolute Gasteiger partial charge is 0.350 e. The van der Waals surface area contributed by atoms with Gasteiger partial charge in [-0.1, -0.05) is 11.6 Å². The molecule has 90 valence electrons. The maximum absolute atomic E-state index is 11.9. The fourth-order valence-electron chi connectivity index (χ4n) is 3.72. The number of halogens is 1. The molecule has 0 atom stereocenters. The first-order valence-electron chi connectivity index (χ1n) is 5.76. The van der Waals surface area contributed by atoms with Crippen LogP contribution in [-0.4, -0.2) is 28.7 Å². The van der Waals surface area contributed by atoms with Crippen LogP contribution in [0.5, 0.6) is 5.75 Å². The van der Waals surface area contributed by atoms with Gasteiger partial charge < -0.3 is 9.64 Å². The van der Waals surface area contributed by atoms with E-state index in [4.69, 9.17) is 16.3 Å². The van der Waals surface area contributed by atoms with Crippen LogP contribution in [-0.2, 0) is 6.54 Å². The van der Waals surface area contributed by atoms with Crippen LogP contribution in [0.3, 0.4) is 0 Å². The Kier molecular flexibility index (Phi) is 1.59. The molecule has 0 unspecified atom stereocenters. The van der Waals surface area contributed by atoms with Crippen LogP contribution in [0.4, 0.5) is 5.82 Å². The first-order valence-corrected chi connectivity index (χ1v) is 6.14. The standard InChI is InChI=1S/C11H12ClN3O2/c1-17-7-8(12)13-10(16)14-5-11-2-6(3-11)4-15(11)9(7)14/h6H,2-5H2,1H3. The van der Waals surface area contributed by atoms with Gasteiger partial charge in [-0.2, -0.15) is 4.98 Å².